The van der Waals surface area contributed by atoms with Crippen LogP contribution in [0.3, 0.4) is 0 Å². The molecule has 2 heterocycles. The van der Waals surface area contributed by atoms with Gasteiger partial charge in [0.05, 0.1) is 13.7 Å². The minimum Gasteiger partial charge on any atom is -0.497 e. The molecule has 0 aliphatic carbocycles. The molecule has 0 spiro atoms. The first kappa shape index (κ1) is 18.7. The van der Waals surface area contributed by atoms with Crippen molar-refractivity contribution in [3.8, 4) is 17.1 Å². The van der Waals surface area contributed by atoms with Crippen LogP contribution in [0.5, 0.6) is 5.75 Å². The van der Waals surface area contributed by atoms with E-state index in [1.165, 1.54) is 0 Å². The molecule has 1 fully saturated rings. The standard InChI is InChI=1S/C21H20N4O4/c1-28-16-9-7-14(8-10-16)20-23-18(29-24-20)13-22-21(27)17-11-12-19(26)25(17)15-5-3-2-4-6-15/h2-10,17H,11-13H2,1H3,(H,22,27). The summed E-state index contributed by atoms with van der Waals surface area (Å²) in [6, 6.07) is 15.9. The monoisotopic (exact) mass is 392 g/mol. The van der Waals surface area contributed by atoms with Gasteiger partial charge in [0, 0.05) is 17.7 Å². The molecule has 1 aliphatic heterocycles. The molecule has 2 amide bonds. The maximum atomic E-state index is 12.7. The number of methoxy groups -OCH3 is 1. The molecule has 0 bridgehead atoms. The number of benzene rings is 2. The molecular formula is C21H20N4O4. The van der Waals surface area contributed by atoms with Crippen molar-refractivity contribution in [1.29, 1.82) is 0 Å². The van der Waals surface area contributed by atoms with Crippen molar-refractivity contribution in [2.24, 2.45) is 0 Å². The number of nitrogens with zero attached hydrogens (tertiary/aromatic N) is 3. The normalized spacial score (nSPS) is 16.1. The first-order valence-corrected chi connectivity index (χ1v) is 9.27. The largest absolute Gasteiger partial charge is 0.497 e. The molecule has 8 heteroatoms. The van der Waals surface area contributed by atoms with Gasteiger partial charge in [-0.2, -0.15) is 4.98 Å². The molecule has 3 aromatic rings. The molecule has 8 nitrogen and oxygen atoms in total. The number of amides is 2. The van der Waals surface area contributed by atoms with E-state index in [9.17, 15) is 9.59 Å². The fourth-order valence-electron chi connectivity index (χ4n) is 3.31. The minimum atomic E-state index is -0.547. The van der Waals surface area contributed by atoms with Gasteiger partial charge >= 0.3 is 0 Å². The van der Waals surface area contributed by atoms with Gasteiger partial charge in [-0.15, -0.1) is 0 Å². The molecule has 2 aromatic carbocycles. The van der Waals surface area contributed by atoms with E-state index in [0.717, 1.165) is 17.0 Å². The van der Waals surface area contributed by atoms with Crippen LogP contribution in [0.1, 0.15) is 18.7 Å². The number of para-hydroxylation sites is 1. The van der Waals surface area contributed by atoms with Gasteiger partial charge in [0.2, 0.25) is 23.5 Å². The summed E-state index contributed by atoms with van der Waals surface area (Å²) in [7, 11) is 1.60. The van der Waals surface area contributed by atoms with Gasteiger partial charge in [-0.05, 0) is 42.8 Å². The highest BCUT2D eigenvalue weighted by molar-refractivity contribution is 6.03. The molecule has 0 saturated carbocycles. The maximum absolute atomic E-state index is 12.7. The topological polar surface area (TPSA) is 97.6 Å². The van der Waals surface area contributed by atoms with Crippen LogP contribution in [0, 0.1) is 0 Å². The summed E-state index contributed by atoms with van der Waals surface area (Å²) in [5, 5.41) is 6.74. The zero-order valence-corrected chi connectivity index (χ0v) is 15.9. The smallest absolute Gasteiger partial charge is 0.246 e. The molecule has 0 radical (unpaired) electrons. The van der Waals surface area contributed by atoms with Crippen LogP contribution in [0.25, 0.3) is 11.4 Å². The van der Waals surface area contributed by atoms with E-state index >= 15 is 0 Å². The summed E-state index contributed by atoms with van der Waals surface area (Å²) < 4.78 is 10.4. The molecular weight excluding hydrogens is 372 g/mol. The Kier molecular flexibility index (Phi) is 5.24. The molecule has 4 rings (SSSR count). The van der Waals surface area contributed by atoms with E-state index in [0.29, 0.717) is 24.6 Å². The summed E-state index contributed by atoms with van der Waals surface area (Å²) in [6.07, 6.45) is 0.815. The number of ether oxygens (including phenoxy) is 1. The van der Waals surface area contributed by atoms with Gasteiger partial charge in [-0.25, -0.2) is 0 Å². The third-order valence-corrected chi connectivity index (χ3v) is 4.78. The first-order chi connectivity index (χ1) is 14.2. The van der Waals surface area contributed by atoms with Crippen molar-refractivity contribution in [2.45, 2.75) is 25.4 Å². The maximum Gasteiger partial charge on any atom is 0.246 e. The molecule has 148 valence electrons. The van der Waals surface area contributed by atoms with Crippen molar-refractivity contribution < 1.29 is 18.8 Å². The predicted molar refractivity (Wildman–Crippen MR) is 105 cm³/mol. The minimum absolute atomic E-state index is 0.0593. The van der Waals surface area contributed by atoms with Gasteiger partial charge in [0.1, 0.15) is 11.8 Å². The number of nitrogens with one attached hydrogen (secondary N) is 1. The molecule has 1 N–H and O–H groups in total. The third kappa shape index (κ3) is 3.96. The second-order valence-corrected chi connectivity index (χ2v) is 6.61. The van der Waals surface area contributed by atoms with Crippen molar-refractivity contribution >= 4 is 17.5 Å². The Bertz CT molecular complexity index is 1000. The van der Waals surface area contributed by atoms with E-state index in [2.05, 4.69) is 15.5 Å². The zero-order valence-electron chi connectivity index (χ0n) is 15.9. The Hall–Kier alpha value is -3.68. The average molecular weight is 392 g/mol. The van der Waals surface area contributed by atoms with Gasteiger partial charge in [-0.1, -0.05) is 23.4 Å². The summed E-state index contributed by atoms with van der Waals surface area (Å²) in [6.45, 7) is 0.0926. The van der Waals surface area contributed by atoms with Crippen LogP contribution in [0.2, 0.25) is 0 Å². The lowest BCUT2D eigenvalue weighted by atomic mass is 10.2. The fraction of sp³-hybridized carbons (Fsp3) is 0.238. The fourth-order valence-corrected chi connectivity index (χ4v) is 3.31. The van der Waals surface area contributed by atoms with Crippen LogP contribution in [0.4, 0.5) is 5.69 Å². The number of hydrogen-bond donors (Lipinski definition) is 1. The first-order valence-electron chi connectivity index (χ1n) is 9.27. The van der Waals surface area contributed by atoms with Crippen LogP contribution in [-0.2, 0) is 16.1 Å². The van der Waals surface area contributed by atoms with Crippen molar-refractivity contribution in [3.05, 3.63) is 60.5 Å². The number of rotatable bonds is 6. The summed E-state index contributed by atoms with van der Waals surface area (Å²) in [5.41, 5.74) is 1.50. The lowest BCUT2D eigenvalue weighted by Crippen LogP contribution is -2.44. The van der Waals surface area contributed by atoms with Gasteiger partial charge < -0.3 is 14.6 Å². The molecule has 1 unspecified atom stereocenters. The SMILES string of the molecule is COc1ccc(-c2noc(CNC(=O)C3CCC(=O)N3c3ccccc3)n2)cc1. The zero-order chi connectivity index (χ0) is 20.2. The van der Waals surface area contributed by atoms with Gasteiger partial charge in [-0.3, -0.25) is 14.5 Å². The molecule has 29 heavy (non-hydrogen) atoms. The molecule has 1 atom stereocenters. The van der Waals surface area contributed by atoms with E-state index in [1.54, 1.807) is 12.0 Å². The predicted octanol–water partition coefficient (Wildman–Crippen LogP) is 2.56. The van der Waals surface area contributed by atoms with E-state index in [1.807, 2.05) is 54.6 Å². The Morgan fingerprint density at radius 2 is 1.97 bits per heavy atom. The Balaban J connectivity index is 1.40. The second-order valence-electron chi connectivity index (χ2n) is 6.61. The quantitative estimate of drug-likeness (QED) is 0.692. The number of anilines is 1. The summed E-state index contributed by atoms with van der Waals surface area (Å²) in [5.74, 6) is 1.15. The number of carbonyl (C=O) groups excluding carboxylic acids is 2. The van der Waals surface area contributed by atoms with Crippen LogP contribution in [-0.4, -0.2) is 35.1 Å². The van der Waals surface area contributed by atoms with E-state index in [-0.39, 0.29) is 18.4 Å². The Morgan fingerprint density at radius 3 is 2.69 bits per heavy atom. The highest BCUT2D eigenvalue weighted by Crippen LogP contribution is 2.26. The number of aromatic nitrogens is 2. The second kappa shape index (κ2) is 8.14. The summed E-state index contributed by atoms with van der Waals surface area (Å²) in [4.78, 5) is 30.8. The molecule has 1 saturated heterocycles. The van der Waals surface area contributed by atoms with Gasteiger partial charge in [0.25, 0.3) is 0 Å². The van der Waals surface area contributed by atoms with Crippen molar-refractivity contribution in [1.82, 2.24) is 15.5 Å². The number of carbonyl (C=O) groups is 2. The number of hydrogen-bond acceptors (Lipinski definition) is 6. The highest BCUT2D eigenvalue weighted by atomic mass is 16.5. The van der Waals surface area contributed by atoms with Crippen LogP contribution < -0.4 is 15.0 Å². The Labute approximate surface area is 167 Å². The Morgan fingerprint density at radius 1 is 1.21 bits per heavy atom. The molecule has 1 aromatic heterocycles. The van der Waals surface area contributed by atoms with Crippen molar-refractivity contribution in [3.63, 3.8) is 0 Å². The summed E-state index contributed by atoms with van der Waals surface area (Å²) >= 11 is 0. The lowest BCUT2D eigenvalue weighted by Gasteiger charge is -2.23. The van der Waals surface area contributed by atoms with Crippen LogP contribution in [0.15, 0.2) is 59.1 Å². The lowest BCUT2D eigenvalue weighted by molar-refractivity contribution is -0.124. The van der Waals surface area contributed by atoms with E-state index in [4.69, 9.17) is 9.26 Å². The van der Waals surface area contributed by atoms with Gasteiger partial charge in [0.15, 0.2) is 0 Å². The van der Waals surface area contributed by atoms with E-state index < -0.39 is 6.04 Å². The third-order valence-electron chi connectivity index (χ3n) is 4.78. The highest BCUT2D eigenvalue weighted by Gasteiger charge is 2.37. The molecule has 1 aliphatic rings. The van der Waals surface area contributed by atoms with Crippen molar-refractivity contribution in [2.75, 3.05) is 12.0 Å². The average Bonchev–Trinajstić information content (AvgIpc) is 3.39. The van der Waals surface area contributed by atoms with Crippen LogP contribution >= 0.6 is 0 Å².